The summed E-state index contributed by atoms with van der Waals surface area (Å²) in [6, 6.07) is 12.2. The number of carbonyl (C=O) groups is 1. The second-order valence-electron chi connectivity index (χ2n) is 6.77. The minimum absolute atomic E-state index is 0.132. The fraction of sp³-hybridized carbons (Fsp3) is 0.350. The van der Waals surface area contributed by atoms with Gasteiger partial charge in [-0.25, -0.2) is 0 Å². The largest absolute Gasteiger partial charge is 0.379 e. The quantitative estimate of drug-likeness (QED) is 0.541. The summed E-state index contributed by atoms with van der Waals surface area (Å²) in [6.07, 6.45) is 0. The zero-order valence-corrected chi connectivity index (χ0v) is 17.1. The molecular formula is C20H22BrN3O4. The highest BCUT2D eigenvalue weighted by Gasteiger charge is 2.22. The van der Waals surface area contributed by atoms with Gasteiger partial charge in [-0.1, -0.05) is 29.8 Å². The normalized spacial score (nSPS) is 15.8. The Bertz CT molecular complexity index is 851. The average Bonchev–Trinajstić information content (AvgIpc) is 2.69. The third-order valence-electron chi connectivity index (χ3n) is 4.73. The summed E-state index contributed by atoms with van der Waals surface area (Å²) in [7, 11) is 0. The van der Waals surface area contributed by atoms with E-state index in [1.807, 2.05) is 31.2 Å². The number of nitrogens with zero attached hydrogens (tertiary/aromatic N) is 2. The maximum Gasteiger partial charge on any atom is 0.284 e. The molecule has 1 N–H and O–H groups in total. The molecule has 1 atom stereocenters. The highest BCUT2D eigenvalue weighted by Crippen LogP contribution is 2.26. The van der Waals surface area contributed by atoms with Crippen LogP contribution in [0.1, 0.15) is 27.5 Å². The van der Waals surface area contributed by atoms with Crippen molar-refractivity contribution in [2.75, 3.05) is 32.8 Å². The monoisotopic (exact) mass is 447 g/mol. The highest BCUT2D eigenvalue weighted by molar-refractivity contribution is 9.10. The molecule has 1 saturated heterocycles. The zero-order chi connectivity index (χ0) is 20.1. The molecule has 28 heavy (non-hydrogen) atoms. The Morgan fingerprint density at radius 2 is 1.93 bits per heavy atom. The Morgan fingerprint density at radius 3 is 2.57 bits per heavy atom. The van der Waals surface area contributed by atoms with Crippen molar-refractivity contribution in [3.63, 3.8) is 0 Å². The minimum atomic E-state index is -0.508. The van der Waals surface area contributed by atoms with Crippen LogP contribution >= 0.6 is 15.9 Å². The molecule has 2 aromatic carbocycles. The molecule has 1 unspecified atom stereocenters. The lowest BCUT2D eigenvalue weighted by Gasteiger charge is -2.31. The van der Waals surface area contributed by atoms with Crippen molar-refractivity contribution in [1.29, 1.82) is 0 Å². The van der Waals surface area contributed by atoms with Crippen LogP contribution in [-0.4, -0.2) is 48.6 Å². The molecule has 0 bridgehead atoms. The second-order valence-corrected chi connectivity index (χ2v) is 7.63. The van der Waals surface area contributed by atoms with E-state index >= 15 is 0 Å². The van der Waals surface area contributed by atoms with E-state index in [2.05, 4.69) is 26.1 Å². The van der Waals surface area contributed by atoms with Gasteiger partial charge in [-0.2, -0.15) is 0 Å². The van der Waals surface area contributed by atoms with E-state index in [1.165, 1.54) is 12.1 Å². The number of morpholine rings is 1. The lowest BCUT2D eigenvalue weighted by Crippen LogP contribution is -2.43. The molecule has 7 nitrogen and oxygen atoms in total. The first kappa shape index (κ1) is 20.4. The van der Waals surface area contributed by atoms with Crippen LogP contribution in [0.5, 0.6) is 0 Å². The number of benzene rings is 2. The Morgan fingerprint density at radius 1 is 1.25 bits per heavy atom. The van der Waals surface area contributed by atoms with E-state index in [4.69, 9.17) is 4.74 Å². The van der Waals surface area contributed by atoms with Crippen LogP contribution in [0, 0.1) is 17.0 Å². The van der Waals surface area contributed by atoms with Gasteiger partial charge in [0.25, 0.3) is 11.6 Å². The summed E-state index contributed by atoms with van der Waals surface area (Å²) in [6.45, 7) is 5.63. The van der Waals surface area contributed by atoms with Crippen LogP contribution in [0.4, 0.5) is 5.69 Å². The van der Waals surface area contributed by atoms with E-state index < -0.39 is 4.92 Å². The van der Waals surface area contributed by atoms with Crippen LogP contribution < -0.4 is 5.32 Å². The topological polar surface area (TPSA) is 84.7 Å². The Labute approximate surface area is 172 Å². The molecule has 1 fully saturated rings. The van der Waals surface area contributed by atoms with E-state index in [-0.39, 0.29) is 23.2 Å². The molecule has 2 aromatic rings. The zero-order valence-electron chi connectivity index (χ0n) is 15.6. The van der Waals surface area contributed by atoms with Gasteiger partial charge in [-0.05, 0) is 40.5 Å². The SMILES string of the molecule is Cc1ccc(C(CN2CCOCC2)NC(=O)c2ccc(Br)c([N+](=O)[O-])c2)cc1. The molecular weight excluding hydrogens is 426 g/mol. The molecule has 1 aliphatic heterocycles. The van der Waals surface area contributed by atoms with Gasteiger partial charge in [0.1, 0.15) is 0 Å². The molecule has 8 heteroatoms. The van der Waals surface area contributed by atoms with Crippen molar-refractivity contribution in [3.8, 4) is 0 Å². The van der Waals surface area contributed by atoms with E-state index in [1.54, 1.807) is 6.07 Å². The third kappa shape index (κ3) is 5.15. The number of hydrogen-bond donors (Lipinski definition) is 1. The van der Waals surface area contributed by atoms with Crippen LogP contribution in [0.3, 0.4) is 0 Å². The standard InChI is InChI=1S/C20H22BrN3O4/c1-14-2-4-15(5-3-14)18(13-23-8-10-28-11-9-23)22-20(25)16-6-7-17(21)19(12-16)24(26)27/h2-7,12,18H,8-11,13H2,1H3,(H,22,25). The van der Waals surface area contributed by atoms with Crippen molar-refractivity contribution in [2.45, 2.75) is 13.0 Å². The number of carbonyl (C=O) groups excluding carboxylic acids is 1. The van der Waals surface area contributed by atoms with Crippen LogP contribution in [0.2, 0.25) is 0 Å². The first-order valence-electron chi connectivity index (χ1n) is 9.05. The number of nitro benzene ring substituents is 1. The number of halogens is 1. The molecule has 3 rings (SSSR count). The number of amides is 1. The smallest absolute Gasteiger partial charge is 0.284 e. The maximum absolute atomic E-state index is 12.8. The van der Waals surface area contributed by atoms with Crippen molar-refractivity contribution in [1.82, 2.24) is 10.2 Å². The maximum atomic E-state index is 12.8. The van der Waals surface area contributed by atoms with Gasteiger partial charge in [-0.3, -0.25) is 19.8 Å². The summed E-state index contributed by atoms with van der Waals surface area (Å²) in [5.74, 6) is -0.338. The van der Waals surface area contributed by atoms with Crippen molar-refractivity contribution < 1.29 is 14.5 Å². The van der Waals surface area contributed by atoms with Gasteiger partial charge in [0.15, 0.2) is 0 Å². The minimum Gasteiger partial charge on any atom is -0.379 e. The van der Waals surface area contributed by atoms with Gasteiger partial charge < -0.3 is 10.1 Å². The number of rotatable bonds is 6. The summed E-state index contributed by atoms with van der Waals surface area (Å²) in [5.41, 5.74) is 2.27. The lowest BCUT2D eigenvalue weighted by molar-refractivity contribution is -0.385. The van der Waals surface area contributed by atoms with E-state index in [9.17, 15) is 14.9 Å². The highest BCUT2D eigenvalue weighted by atomic mass is 79.9. The summed E-state index contributed by atoms with van der Waals surface area (Å²) in [5, 5.41) is 14.2. The summed E-state index contributed by atoms with van der Waals surface area (Å²) in [4.78, 5) is 25.7. The molecule has 148 valence electrons. The molecule has 1 aliphatic rings. The van der Waals surface area contributed by atoms with Crippen molar-refractivity contribution >= 4 is 27.5 Å². The third-order valence-corrected chi connectivity index (χ3v) is 5.41. The molecule has 0 aliphatic carbocycles. The summed E-state index contributed by atoms with van der Waals surface area (Å²) >= 11 is 3.15. The molecule has 1 amide bonds. The van der Waals surface area contributed by atoms with Crippen LogP contribution in [0.15, 0.2) is 46.9 Å². The van der Waals surface area contributed by atoms with Gasteiger partial charge >= 0.3 is 0 Å². The number of hydrogen-bond acceptors (Lipinski definition) is 5. The number of nitrogens with one attached hydrogen (secondary N) is 1. The second kappa shape index (κ2) is 9.27. The summed E-state index contributed by atoms with van der Waals surface area (Å²) < 4.78 is 5.75. The average molecular weight is 448 g/mol. The van der Waals surface area contributed by atoms with Gasteiger partial charge in [0.05, 0.1) is 28.7 Å². The fourth-order valence-corrected chi connectivity index (χ4v) is 3.50. The fourth-order valence-electron chi connectivity index (χ4n) is 3.11. The molecule has 0 radical (unpaired) electrons. The van der Waals surface area contributed by atoms with Gasteiger partial charge in [-0.15, -0.1) is 0 Å². The van der Waals surface area contributed by atoms with Crippen LogP contribution in [0.25, 0.3) is 0 Å². The molecule has 1 heterocycles. The molecule has 0 aromatic heterocycles. The van der Waals surface area contributed by atoms with E-state index in [0.717, 1.165) is 24.2 Å². The Kier molecular flexibility index (Phi) is 6.77. The van der Waals surface area contributed by atoms with Crippen molar-refractivity contribution in [3.05, 3.63) is 73.7 Å². The van der Waals surface area contributed by atoms with Crippen LogP contribution in [-0.2, 0) is 4.74 Å². The first-order chi connectivity index (χ1) is 13.4. The number of ether oxygens (including phenoxy) is 1. The van der Waals surface area contributed by atoms with Crippen molar-refractivity contribution in [2.24, 2.45) is 0 Å². The van der Waals surface area contributed by atoms with Gasteiger partial charge in [0.2, 0.25) is 0 Å². The predicted molar refractivity (Wildman–Crippen MR) is 109 cm³/mol. The predicted octanol–water partition coefficient (Wildman–Crippen LogP) is 3.47. The molecule has 0 saturated carbocycles. The molecule has 0 spiro atoms. The first-order valence-corrected chi connectivity index (χ1v) is 9.85. The Balaban J connectivity index is 1.81. The number of aryl methyl sites for hydroxylation is 1. The number of nitro groups is 1. The Hall–Kier alpha value is -2.29. The van der Waals surface area contributed by atoms with E-state index in [0.29, 0.717) is 24.2 Å². The van der Waals surface area contributed by atoms with Gasteiger partial charge in [0, 0.05) is 31.3 Å². The lowest BCUT2D eigenvalue weighted by atomic mass is 10.0.